The minimum atomic E-state index is -0.635. The number of rotatable bonds is 1. The molecule has 2 heterocycles. The minimum absolute atomic E-state index is 0.0443. The number of carbonyl (C=O) groups excluding carboxylic acids is 3. The third-order valence-corrected chi connectivity index (χ3v) is 7.18. The molecule has 2 atom stereocenters. The molecule has 0 fully saturated rings. The van der Waals surface area contributed by atoms with Crippen LogP contribution < -0.4 is 4.74 Å². The van der Waals surface area contributed by atoms with Crippen molar-refractivity contribution in [3.05, 3.63) is 76.9 Å². The highest BCUT2D eigenvalue weighted by Crippen LogP contribution is 2.48. The molecule has 0 spiro atoms. The summed E-state index contributed by atoms with van der Waals surface area (Å²) in [5.74, 6) is -1.29. The van der Waals surface area contributed by atoms with Crippen LogP contribution in [0.2, 0.25) is 0 Å². The standard InChI is InChI=1S/C31H30O6/c1-19-9-7-14-22(32)13-4-2-3-11-21-17-26-29(30(34)28(21)31(35)36-19)25(18-27(33)37-26)24-16-8-12-20-10-5-6-15-23(20)24/h3,5-6,8,10-12,15-17,19,25,34H,2,4,7,9,13-14,18H2,1H3/t19-,25?/m0/s1. The Morgan fingerprint density at radius 1 is 0.973 bits per heavy atom. The van der Waals surface area contributed by atoms with Gasteiger partial charge in [-0.05, 0) is 60.6 Å². The van der Waals surface area contributed by atoms with Gasteiger partial charge in [0, 0.05) is 24.3 Å². The number of allylic oxidation sites excluding steroid dienone is 1. The second kappa shape index (κ2) is 10.6. The van der Waals surface area contributed by atoms with Crippen LogP contribution in [0.3, 0.4) is 0 Å². The number of phenolic OH excluding ortho intramolecular Hbond substituents is 1. The van der Waals surface area contributed by atoms with Crippen molar-refractivity contribution in [1.29, 1.82) is 0 Å². The van der Waals surface area contributed by atoms with E-state index in [0.717, 1.165) is 16.3 Å². The first-order chi connectivity index (χ1) is 17.9. The molecule has 37 heavy (non-hydrogen) atoms. The van der Waals surface area contributed by atoms with Gasteiger partial charge in [-0.3, -0.25) is 9.59 Å². The highest BCUT2D eigenvalue weighted by atomic mass is 16.5. The third kappa shape index (κ3) is 5.15. The fourth-order valence-electron chi connectivity index (χ4n) is 5.34. The van der Waals surface area contributed by atoms with E-state index in [9.17, 15) is 19.5 Å². The van der Waals surface area contributed by atoms with Crippen LogP contribution in [0.4, 0.5) is 0 Å². The number of hydrogen-bond acceptors (Lipinski definition) is 6. The first-order valence-electron chi connectivity index (χ1n) is 12.9. The van der Waals surface area contributed by atoms with Crippen LogP contribution in [0.15, 0.2) is 54.6 Å². The van der Waals surface area contributed by atoms with Gasteiger partial charge in [0.2, 0.25) is 0 Å². The Bertz CT molecular complexity index is 1400. The van der Waals surface area contributed by atoms with Crippen molar-refractivity contribution in [1.82, 2.24) is 0 Å². The van der Waals surface area contributed by atoms with Crippen molar-refractivity contribution in [3.8, 4) is 11.5 Å². The summed E-state index contributed by atoms with van der Waals surface area (Å²) in [7, 11) is 0. The fourth-order valence-corrected chi connectivity index (χ4v) is 5.34. The number of ketones is 1. The summed E-state index contributed by atoms with van der Waals surface area (Å²) in [5.41, 5.74) is 1.79. The van der Waals surface area contributed by atoms with Crippen molar-refractivity contribution < 1.29 is 29.0 Å². The van der Waals surface area contributed by atoms with Gasteiger partial charge in [-0.1, -0.05) is 54.6 Å². The molecular formula is C31H30O6. The molecule has 3 aromatic rings. The van der Waals surface area contributed by atoms with E-state index < -0.39 is 24.0 Å². The van der Waals surface area contributed by atoms with Crippen molar-refractivity contribution in [2.75, 3.05) is 0 Å². The number of fused-ring (bicyclic) bond motifs is 3. The van der Waals surface area contributed by atoms with E-state index in [-0.39, 0.29) is 29.3 Å². The summed E-state index contributed by atoms with van der Waals surface area (Å²) < 4.78 is 11.3. The Hall–Kier alpha value is -3.93. The Balaban J connectivity index is 1.64. The van der Waals surface area contributed by atoms with Crippen LogP contribution >= 0.6 is 0 Å². The normalized spacial score (nSPS) is 20.9. The van der Waals surface area contributed by atoms with E-state index >= 15 is 0 Å². The van der Waals surface area contributed by atoms with Crippen molar-refractivity contribution in [2.24, 2.45) is 0 Å². The number of aromatic hydroxyl groups is 1. The van der Waals surface area contributed by atoms with Gasteiger partial charge in [0.15, 0.2) is 0 Å². The summed E-state index contributed by atoms with van der Waals surface area (Å²) in [6, 6.07) is 15.4. The van der Waals surface area contributed by atoms with Crippen LogP contribution in [0.25, 0.3) is 16.8 Å². The maximum Gasteiger partial charge on any atom is 0.342 e. The van der Waals surface area contributed by atoms with Gasteiger partial charge in [0.25, 0.3) is 0 Å². The van der Waals surface area contributed by atoms with Crippen LogP contribution in [0.1, 0.15) is 84.8 Å². The van der Waals surface area contributed by atoms with Crippen molar-refractivity contribution in [2.45, 2.75) is 63.9 Å². The molecule has 2 aliphatic heterocycles. The number of phenols is 1. The zero-order chi connectivity index (χ0) is 25.9. The average molecular weight is 499 g/mol. The molecule has 0 aromatic heterocycles. The summed E-state index contributed by atoms with van der Waals surface area (Å²) in [6.07, 6.45) is 6.76. The van der Waals surface area contributed by atoms with Crippen LogP contribution in [-0.2, 0) is 14.3 Å². The quantitative estimate of drug-likeness (QED) is 0.306. The van der Waals surface area contributed by atoms with Gasteiger partial charge in [-0.25, -0.2) is 4.79 Å². The van der Waals surface area contributed by atoms with E-state index in [4.69, 9.17) is 9.47 Å². The summed E-state index contributed by atoms with van der Waals surface area (Å²) in [5, 5.41) is 13.6. The lowest BCUT2D eigenvalue weighted by molar-refractivity contribution is -0.135. The Morgan fingerprint density at radius 3 is 2.62 bits per heavy atom. The highest BCUT2D eigenvalue weighted by Gasteiger charge is 2.36. The molecule has 0 radical (unpaired) electrons. The van der Waals surface area contributed by atoms with Gasteiger partial charge in [0.05, 0.1) is 12.5 Å². The molecule has 0 saturated carbocycles. The van der Waals surface area contributed by atoms with Gasteiger partial charge in [-0.15, -0.1) is 0 Å². The van der Waals surface area contributed by atoms with E-state index in [1.807, 2.05) is 48.5 Å². The summed E-state index contributed by atoms with van der Waals surface area (Å²) in [6.45, 7) is 1.79. The smallest absolute Gasteiger partial charge is 0.342 e. The molecule has 3 aromatic carbocycles. The number of hydrogen-bond donors (Lipinski definition) is 1. The molecule has 6 nitrogen and oxygen atoms in total. The van der Waals surface area contributed by atoms with Gasteiger partial charge in [0.1, 0.15) is 22.8 Å². The molecule has 1 unspecified atom stereocenters. The molecule has 0 aliphatic carbocycles. The SMILES string of the molecule is C[C@H]1CCCC(=O)CCCC=Cc2cc3c(c(O)c2C(=O)O1)C(c1cccc2ccccc12)CC(=O)O3. The van der Waals surface area contributed by atoms with Crippen LogP contribution in [0.5, 0.6) is 11.5 Å². The van der Waals surface area contributed by atoms with E-state index in [1.54, 1.807) is 19.1 Å². The maximum atomic E-state index is 13.4. The van der Waals surface area contributed by atoms with E-state index in [2.05, 4.69) is 0 Å². The minimum Gasteiger partial charge on any atom is -0.507 e. The van der Waals surface area contributed by atoms with Crippen molar-refractivity contribution >= 4 is 34.6 Å². The van der Waals surface area contributed by atoms with E-state index in [1.165, 1.54) is 0 Å². The number of Topliss-reactive ketones (excluding diaryl/α,β-unsaturated/α-hetero) is 1. The van der Waals surface area contributed by atoms with E-state index in [0.29, 0.717) is 49.7 Å². The predicted molar refractivity (Wildman–Crippen MR) is 141 cm³/mol. The molecule has 6 heteroatoms. The molecular weight excluding hydrogens is 468 g/mol. The van der Waals surface area contributed by atoms with Gasteiger partial charge < -0.3 is 14.6 Å². The second-order valence-electron chi connectivity index (χ2n) is 9.84. The fraction of sp³-hybridized carbons (Fsp3) is 0.323. The zero-order valence-electron chi connectivity index (χ0n) is 20.9. The van der Waals surface area contributed by atoms with Crippen molar-refractivity contribution in [3.63, 3.8) is 0 Å². The summed E-state index contributed by atoms with van der Waals surface area (Å²) >= 11 is 0. The number of cyclic esters (lactones) is 1. The number of benzene rings is 3. The Morgan fingerprint density at radius 2 is 1.76 bits per heavy atom. The lowest BCUT2D eigenvalue weighted by Gasteiger charge is -2.28. The topological polar surface area (TPSA) is 89.9 Å². The number of carbonyl (C=O) groups is 3. The molecule has 5 rings (SSSR count). The van der Waals surface area contributed by atoms with Crippen LogP contribution in [-0.4, -0.2) is 28.9 Å². The first-order valence-corrected chi connectivity index (χ1v) is 12.9. The first kappa shape index (κ1) is 24.8. The Labute approximate surface area is 215 Å². The van der Waals surface area contributed by atoms with Gasteiger partial charge >= 0.3 is 11.9 Å². The predicted octanol–water partition coefficient (Wildman–Crippen LogP) is 6.47. The Kier molecular flexibility index (Phi) is 7.08. The molecule has 0 amide bonds. The maximum absolute atomic E-state index is 13.4. The monoisotopic (exact) mass is 498 g/mol. The lowest BCUT2D eigenvalue weighted by atomic mass is 9.81. The average Bonchev–Trinajstić information content (AvgIpc) is 2.87. The largest absolute Gasteiger partial charge is 0.507 e. The molecule has 190 valence electrons. The molecule has 0 saturated heterocycles. The zero-order valence-corrected chi connectivity index (χ0v) is 20.9. The number of esters is 2. The van der Waals surface area contributed by atoms with Gasteiger partial charge in [-0.2, -0.15) is 0 Å². The third-order valence-electron chi connectivity index (χ3n) is 7.18. The summed E-state index contributed by atoms with van der Waals surface area (Å²) in [4.78, 5) is 38.2. The highest BCUT2D eigenvalue weighted by molar-refractivity contribution is 5.99. The molecule has 0 bridgehead atoms. The van der Waals surface area contributed by atoms with Crippen LogP contribution in [0, 0.1) is 0 Å². The molecule has 2 aliphatic rings. The number of ether oxygens (including phenoxy) is 2. The molecule has 1 N–H and O–H groups in total. The lowest BCUT2D eigenvalue weighted by Crippen LogP contribution is -2.23. The second-order valence-corrected chi connectivity index (χ2v) is 9.84.